The van der Waals surface area contributed by atoms with Crippen LogP contribution in [-0.2, 0) is 9.53 Å². The molecule has 0 heterocycles. The molecule has 1 atom stereocenters. The zero-order chi connectivity index (χ0) is 30.6. The second-order valence-corrected chi connectivity index (χ2v) is 13.7. The molecule has 0 aromatic rings. The fourth-order valence-electron chi connectivity index (χ4n) is 6.34. The quantitative estimate of drug-likeness (QED) is 0.0534. The van der Waals surface area contributed by atoms with Gasteiger partial charge in [0.2, 0.25) is 0 Å². The summed E-state index contributed by atoms with van der Waals surface area (Å²) in [6, 6.07) is 0. The molecule has 0 aliphatic heterocycles. The van der Waals surface area contributed by atoms with Gasteiger partial charge in [-0.1, -0.05) is 207 Å². The van der Waals surface area contributed by atoms with Crippen LogP contribution in [0.1, 0.15) is 245 Å². The monoisotopic (exact) mass is 593 g/mol. The van der Waals surface area contributed by atoms with Gasteiger partial charge in [-0.2, -0.15) is 0 Å². The maximum absolute atomic E-state index is 12.5. The van der Waals surface area contributed by atoms with Gasteiger partial charge >= 0.3 is 5.97 Å². The first-order chi connectivity index (χ1) is 20.7. The van der Waals surface area contributed by atoms with Crippen LogP contribution in [0.5, 0.6) is 0 Å². The number of carbonyl (C=O) groups excluding carboxylic acids is 1. The Kier molecular flexibility index (Phi) is 36.2. The molecule has 2 nitrogen and oxygen atoms in total. The van der Waals surface area contributed by atoms with E-state index >= 15 is 0 Å². The summed E-state index contributed by atoms with van der Waals surface area (Å²) >= 11 is 0. The summed E-state index contributed by atoms with van der Waals surface area (Å²) in [6.45, 7) is 6.84. The summed E-state index contributed by atoms with van der Waals surface area (Å²) in [5.74, 6) is 0.0653. The van der Waals surface area contributed by atoms with E-state index in [0.717, 1.165) is 19.3 Å². The summed E-state index contributed by atoms with van der Waals surface area (Å²) < 4.78 is 5.98. The van der Waals surface area contributed by atoms with Crippen LogP contribution in [-0.4, -0.2) is 12.1 Å². The standard InChI is InChI=1S/C40H80O2/c1-4-7-10-12-14-16-18-19-20-21-22-23-24-25-26-28-30-32-35-38-40(41)42-39(36-33-9-6-3)37-34-31-29-27-17-15-13-11-8-5-2/h39H,4-38H2,1-3H3. The number of rotatable bonds is 36. The zero-order valence-corrected chi connectivity index (χ0v) is 29.6. The number of hydrogen-bond acceptors (Lipinski definition) is 2. The van der Waals surface area contributed by atoms with Crippen LogP contribution in [0.2, 0.25) is 0 Å². The van der Waals surface area contributed by atoms with Crippen molar-refractivity contribution in [3.8, 4) is 0 Å². The van der Waals surface area contributed by atoms with E-state index in [1.165, 1.54) is 199 Å². The molecule has 0 amide bonds. The smallest absolute Gasteiger partial charge is 0.306 e. The highest BCUT2D eigenvalue weighted by Gasteiger charge is 2.14. The first-order valence-electron chi connectivity index (χ1n) is 19.9. The summed E-state index contributed by atoms with van der Waals surface area (Å²) in [5, 5.41) is 0. The highest BCUT2D eigenvalue weighted by atomic mass is 16.5. The molecule has 0 N–H and O–H groups in total. The Labute approximate surface area is 266 Å². The first-order valence-corrected chi connectivity index (χ1v) is 19.9. The van der Waals surface area contributed by atoms with Crippen LogP contribution < -0.4 is 0 Å². The van der Waals surface area contributed by atoms with Gasteiger partial charge in [-0.3, -0.25) is 4.79 Å². The minimum Gasteiger partial charge on any atom is -0.462 e. The van der Waals surface area contributed by atoms with Crippen LogP contribution in [0.4, 0.5) is 0 Å². The van der Waals surface area contributed by atoms with E-state index < -0.39 is 0 Å². The second-order valence-electron chi connectivity index (χ2n) is 13.7. The number of carbonyl (C=O) groups is 1. The average Bonchev–Trinajstić information content (AvgIpc) is 2.99. The molecule has 0 aromatic heterocycles. The Bertz CT molecular complexity index is 502. The highest BCUT2D eigenvalue weighted by Crippen LogP contribution is 2.19. The Morgan fingerprint density at radius 1 is 0.357 bits per heavy atom. The van der Waals surface area contributed by atoms with E-state index in [9.17, 15) is 4.79 Å². The van der Waals surface area contributed by atoms with Crippen molar-refractivity contribution in [3.05, 3.63) is 0 Å². The summed E-state index contributed by atoms with van der Waals surface area (Å²) in [7, 11) is 0. The largest absolute Gasteiger partial charge is 0.462 e. The van der Waals surface area contributed by atoms with Crippen molar-refractivity contribution in [2.24, 2.45) is 0 Å². The van der Waals surface area contributed by atoms with Gasteiger partial charge in [-0.15, -0.1) is 0 Å². The van der Waals surface area contributed by atoms with Gasteiger partial charge in [0.15, 0.2) is 0 Å². The first kappa shape index (κ1) is 41.5. The molecule has 0 bridgehead atoms. The van der Waals surface area contributed by atoms with E-state index in [4.69, 9.17) is 4.74 Å². The zero-order valence-electron chi connectivity index (χ0n) is 29.6. The minimum absolute atomic E-state index is 0.0653. The van der Waals surface area contributed by atoms with E-state index in [1.807, 2.05) is 0 Å². The summed E-state index contributed by atoms with van der Waals surface area (Å²) in [6.07, 6.45) is 46.6. The topological polar surface area (TPSA) is 26.3 Å². The molecule has 1 unspecified atom stereocenters. The SMILES string of the molecule is CCCCCCCCCCCCCCCCCCCCCC(=O)OC(CCCCC)CCCCCCCCCCCC. The average molecular weight is 593 g/mol. The lowest BCUT2D eigenvalue weighted by Gasteiger charge is -2.18. The molecule has 0 saturated heterocycles. The van der Waals surface area contributed by atoms with Crippen molar-refractivity contribution < 1.29 is 9.53 Å². The predicted molar refractivity (Wildman–Crippen MR) is 188 cm³/mol. The third-order valence-electron chi connectivity index (χ3n) is 9.29. The Hall–Kier alpha value is -0.530. The lowest BCUT2D eigenvalue weighted by molar-refractivity contribution is -0.150. The molecular formula is C40H80O2. The molecule has 0 aliphatic rings. The molecule has 42 heavy (non-hydrogen) atoms. The lowest BCUT2D eigenvalue weighted by atomic mass is 10.0. The van der Waals surface area contributed by atoms with Crippen molar-refractivity contribution in [2.45, 2.75) is 252 Å². The van der Waals surface area contributed by atoms with E-state index in [2.05, 4.69) is 20.8 Å². The minimum atomic E-state index is 0.0653. The number of unbranched alkanes of at least 4 members (excludes halogenated alkanes) is 29. The molecule has 2 heteroatoms. The van der Waals surface area contributed by atoms with Crippen LogP contribution in [0.15, 0.2) is 0 Å². The molecule has 0 radical (unpaired) electrons. The van der Waals surface area contributed by atoms with Crippen molar-refractivity contribution in [1.82, 2.24) is 0 Å². The van der Waals surface area contributed by atoms with Crippen LogP contribution in [0, 0.1) is 0 Å². The Morgan fingerprint density at radius 3 is 0.929 bits per heavy atom. The molecule has 0 fully saturated rings. The molecule has 0 spiro atoms. The van der Waals surface area contributed by atoms with Crippen LogP contribution in [0.3, 0.4) is 0 Å². The number of hydrogen-bond donors (Lipinski definition) is 0. The molecular weight excluding hydrogens is 512 g/mol. The molecule has 0 aromatic carbocycles. The lowest BCUT2D eigenvalue weighted by Crippen LogP contribution is -2.18. The van der Waals surface area contributed by atoms with Gasteiger partial charge in [0.1, 0.15) is 6.10 Å². The van der Waals surface area contributed by atoms with E-state index in [-0.39, 0.29) is 12.1 Å². The van der Waals surface area contributed by atoms with Crippen molar-refractivity contribution in [2.75, 3.05) is 0 Å². The third kappa shape index (κ3) is 34.0. The molecule has 0 aliphatic carbocycles. The fourth-order valence-corrected chi connectivity index (χ4v) is 6.34. The van der Waals surface area contributed by atoms with Gasteiger partial charge < -0.3 is 4.74 Å². The number of esters is 1. The van der Waals surface area contributed by atoms with Gasteiger partial charge in [0.25, 0.3) is 0 Å². The maximum atomic E-state index is 12.5. The van der Waals surface area contributed by atoms with E-state index in [1.54, 1.807) is 0 Å². The fraction of sp³-hybridized carbons (Fsp3) is 0.975. The normalized spacial score (nSPS) is 12.2. The van der Waals surface area contributed by atoms with Crippen molar-refractivity contribution >= 4 is 5.97 Å². The third-order valence-corrected chi connectivity index (χ3v) is 9.29. The van der Waals surface area contributed by atoms with Gasteiger partial charge in [-0.25, -0.2) is 0 Å². The summed E-state index contributed by atoms with van der Waals surface area (Å²) in [5.41, 5.74) is 0. The second kappa shape index (κ2) is 36.7. The molecule has 0 saturated carbocycles. The van der Waals surface area contributed by atoms with Gasteiger partial charge in [-0.05, 0) is 32.1 Å². The summed E-state index contributed by atoms with van der Waals surface area (Å²) in [4.78, 5) is 12.5. The van der Waals surface area contributed by atoms with Crippen molar-refractivity contribution in [1.29, 1.82) is 0 Å². The Balaban J connectivity index is 3.60. The van der Waals surface area contributed by atoms with Gasteiger partial charge in [0, 0.05) is 6.42 Å². The van der Waals surface area contributed by atoms with E-state index in [0.29, 0.717) is 6.42 Å². The number of ether oxygens (including phenoxy) is 1. The maximum Gasteiger partial charge on any atom is 0.306 e. The van der Waals surface area contributed by atoms with Gasteiger partial charge in [0.05, 0.1) is 0 Å². The molecule has 252 valence electrons. The highest BCUT2D eigenvalue weighted by molar-refractivity contribution is 5.69. The van der Waals surface area contributed by atoms with Crippen molar-refractivity contribution in [3.63, 3.8) is 0 Å². The van der Waals surface area contributed by atoms with Crippen LogP contribution >= 0.6 is 0 Å². The Morgan fingerprint density at radius 2 is 0.595 bits per heavy atom. The molecule has 0 rings (SSSR count). The predicted octanol–water partition coefficient (Wildman–Crippen LogP) is 14.6. The van der Waals surface area contributed by atoms with Crippen LogP contribution in [0.25, 0.3) is 0 Å².